The molecular weight excluding hydrogens is 540 g/mol. The average Bonchev–Trinajstić information content (AvgIpc) is 2.96. The standard InChI is InChI=1S/3C10H18O2.C3H8O3/c3*1-2-3-4-5-6-7-8-9-10(11)12;4-1-3(6)2-5/h3*2H,1,3-9H2,(H,11,12);3-6H,1-2H2. The Balaban J connectivity index is -0.000000235. The molecule has 0 bridgehead atoms. The number of aliphatic hydroxyl groups excluding tert-OH is 3. The number of allylic oxidation sites excluding steroid dienone is 3. The number of carbonyl (C=O) groups is 3. The van der Waals surface area contributed by atoms with Crippen LogP contribution in [-0.2, 0) is 14.4 Å². The summed E-state index contributed by atoms with van der Waals surface area (Å²) in [5, 5.41) is 49.0. The SMILES string of the molecule is C=CCCCCCCCC(=O)O.C=CCCCCCCCC(=O)O.C=CCCCCCCCC(=O)O.OCC(O)CO. The minimum atomic E-state index is -0.954. The third-order valence-electron chi connectivity index (χ3n) is 5.82. The van der Waals surface area contributed by atoms with Gasteiger partial charge in [0.05, 0.1) is 13.2 Å². The minimum Gasteiger partial charge on any atom is -0.481 e. The van der Waals surface area contributed by atoms with Gasteiger partial charge in [-0.3, -0.25) is 14.4 Å². The highest BCUT2D eigenvalue weighted by molar-refractivity contribution is 5.67. The molecule has 0 fully saturated rings. The fraction of sp³-hybridized carbons (Fsp3) is 0.727. The second-order valence-corrected chi connectivity index (χ2v) is 9.99. The topological polar surface area (TPSA) is 173 Å². The molecular formula is C33H62O9. The maximum absolute atomic E-state index is 10.1. The van der Waals surface area contributed by atoms with Crippen LogP contribution in [-0.4, -0.2) is 67.9 Å². The molecule has 0 aromatic heterocycles. The lowest BCUT2D eigenvalue weighted by atomic mass is 10.1. The molecule has 0 aliphatic rings. The minimum absolute atomic E-state index is 0.321. The van der Waals surface area contributed by atoms with Gasteiger partial charge in [-0.05, 0) is 57.8 Å². The molecule has 248 valence electrons. The van der Waals surface area contributed by atoms with Crippen LogP contribution in [0.4, 0.5) is 0 Å². The van der Waals surface area contributed by atoms with Gasteiger partial charge in [-0.2, -0.15) is 0 Å². The molecule has 6 N–H and O–H groups in total. The zero-order valence-electron chi connectivity index (χ0n) is 26.1. The summed E-state index contributed by atoms with van der Waals surface area (Å²) in [6.45, 7) is 10.2. The van der Waals surface area contributed by atoms with E-state index >= 15 is 0 Å². The van der Waals surface area contributed by atoms with Crippen molar-refractivity contribution in [3.8, 4) is 0 Å². The lowest BCUT2D eigenvalue weighted by molar-refractivity contribution is -0.138. The largest absolute Gasteiger partial charge is 0.481 e. The van der Waals surface area contributed by atoms with E-state index in [0.29, 0.717) is 19.3 Å². The molecule has 0 aromatic carbocycles. The second kappa shape index (κ2) is 43.0. The van der Waals surface area contributed by atoms with Crippen LogP contribution in [0.25, 0.3) is 0 Å². The maximum Gasteiger partial charge on any atom is 0.303 e. The van der Waals surface area contributed by atoms with Gasteiger partial charge in [0.15, 0.2) is 0 Å². The Morgan fingerprint density at radius 1 is 0.452 bits per heavy atom. The summed E-state index contributed by atoms with van der Waals surface area (Å²) in [5.74, 6) is -2.04. The van der Waals surface area contributed by atoms with Gasteiger partial charge in [-0.1, -0.05) is 76.0 Å². The van der Waals surface area contributed by atoms with E-state index in [2.05, 4.69) is 19.7 Å². The van der Waals surface area contributed by atoms with Crippen molar-refractivity contribution in [2.75, 3.05) is 13.2 Å². The molecule has 9 nitrogen and oxygen atoms in total. The third kappa shape index (κ3) is 61.5. The molecule has 9 heteroatoms. The molecule has 42 heavy (non-hydrogen) atoms. The van der Waals surface area contributed by atoms with Gasteiger partial charge in [-0.15, -0.1) is 19.7 Å². The van der Waals surface area contributed by atoms with Crippen LogP contribution in [0.1, 0.15) is 135 Å². The Labute approximate surface area is 255 Å². The Kier molecular flexibility index (Phi) is 47.5. The van der Waals surface area contributed by atoms with Crippen molar-refractivity contribution < 1.29 is 45.0 Å². The van der Waals surface area contributed by atoms with E-state index in [-0.39, 0.29) is 13.2 Å². The summed E-state index contributed by atoms with van der Waals surface area (Å²) in [6, 6.07) is 0. The smallest absolute Gasteiger partial charge is 0.303 e. The fourth-order valence-corrected chi connectivity index (χ4v) is 3.34. The highest BCUT2D eigenvalue weighted by Gasteiger charge is 1.97. The number of aliphatic carboxylic acids is 3. The summed E-state index contributed by atoms with van der Waals surface area (Å²) in [4.78, 5) is 30.4. The first-order valence-electron chi connectivity index (χ1n) is 15.5. The van der Waals surface area contributed by atoms with E-state index in [1.807, 2.05) is 18.2 Å². The van der Waals surface area contributed by atoms with Gasteiger partial charge in [-0.25, -0.2) is 0 Å². The molecule has 0 aliphatic heterocycles. The summed E-state index contributed by atoms with van der Waals surface area (Å²) in [6.07, 6.45) is 25.3. The van der Waals surface area contributed by atoms with Crippen molar-refractivity contribution in [3.63, 3.8) is 0 Å². The molecule has 0 saturated heterocycles. The van der Waals surface area contributed by atoms with E-state index in [9.17, 15) is 14.4 Å². The Bertz CT molecular complexity index is 541. The Hall–Kier alpha value is -2.49. The Morgan fingerprint density at radius 2 is 0.667 bits per heavy atom. The van der Waals surface area contributed by atoms with Gasteiger partial charge >= 0.3 is 17.9 Å². The second-order valence-electron chi connectivity index (χ2n) is 9.99. The Morgan fingerprint density at radius 3 is 0.833 bits per heavy atom. The van der Waals surface area contributed by atoms with Crippen LogP contribution in [0, 0.1) is 0 Å². The molecule has 0 amide bonds. The molecule has 0 heterocycles. The highest BCUT2D eigenvalue weighted by Crippen LogP contribution is 2.08. The van der Waals surface area contributed by atoms with Crippen molar-refractivity contribution in [2.24, 2.45) is 0 Å². The molecule has 0 rings (SSSR count). The molecule has 0 aromatic rings. The number of carboxylic acid groups (broad SMARTS) is 3. The molecule has 0 unspecified atom stereocenters. The van der Waals surface area contributed by atoms with Gasteiger partial charge in [0.2, 0.25) is 0 Å². The quantitative estimate of drug-likeness (QED) is 0.0439. The van der Waals surface area contributed by atoms with E-state index in [4.69, 9.17) is 30.6 Å². The summed E-state index contributed by atoms with van der Waals surface area (Å²) < 4.78 is 0. The van der Waals surface area contributed by atoms with Crippen molar-refractivity contribution >= 4 is 17.9 Å². The summed E-state index contributed by atoms with van der Waals surface area (Å²) in [7, 11) is 0. The van der Waals surface area contributed by atoms with Crippen LogP contribution in [0.15, 0.2) is 38.0 Å². The predicted molar refractivity (Wildman–Crippen MR) is 171 cm³/mol. The maximum atomic E-state index is 10.1. The van der Waals surface area contributed by atoms with Crippen LogP contribution in [0.3, 0.4) is 0 Å². The zero-order valence-corrected chi connectivity index (χ0v) is 26.1. The van der Waals surface area contributed by atoms with Crippen LogP contribution in [0.5, 0.6) is 0 Å². The average molecular weight is 603 g/mol. The molecule has 0 atom stereocenters. The molecule has 0 aliphatic carbocycles. The number of aliphatic hydroxyl groups is 3. The normalized spacial score (nSPS) is 9.71. The number of hydrogen-bond donors (Lipinski definition) is 6. The van der Waals surface area contributed by atoms with Crippen LogP contribution >= 0.6 is 0 Å². The van der Waals surface area contributed by atoms with E-state index < -0.39 is 24.0 Å². The lowest BCUT2D eigenvalue weighted by Crippen LogP contribution is -2.15. The summed E-state index contributed by atoms with van der Waals surface area (Å²) >= 11 is 0. The first kappa shape index (κ1) is 46.5. The van der Waals surface area contributed by atoms with Gasteiger partial charge in [0.25, 0.3) is 0 Å². The first-order valence-corrected chi connectivity index (χ1v) is 15.5. The van der Waals surface area contributed by atoms with Crippen molar-refractivity contribution in [3.05, 3.63) is 38.0 Å². The number of carboxylic acids is 3. The number of rotatable bonds is 26. The van der Waals surface area contributed by atoms with Crippen molar-refractivity contribution in [2.45, 2.75) is 141 Å². The fourth-order valence-electron chi connectivity index (χ4n) is 3.34. The van der Waals surface area contributed by atoms with E-state index in [0.717, 1.165) is 77.0 Å². The zero-order chi connectivity index (χ0) is 32.7. The van der Waals surface area contributed by atoms with E-state index in [1.165, 1.54) is 38.5 Å². The van der Waals surface area contributed by atoms with Crippen molar-refractivity contribution in [1.29, 1.82) is 0 Å². The van der Waals surface area contributed by atoms with Crippen molar-refractivity contribution in [1.82, 2.24) is 0 Å². The van der Waals surface area contributed by atoms with E-state index in [1.54, 1.807) is 0 Å². The molecule has 0 radical (unpaired) electrons. The lowest BCUT2D eigenvalue weighted by Gasteiger charge is -1.97. The van der Waals surface area contributed by atoms with Crippen LogP contribution in [0.2, 0.25) is 0 Å². The molecule has 0 spiro atoms. The summed E-state index contributed by atoms with van der Waals surface area (Å²) in [5.41, 5.74) is 0. The predicted octanol–water partition coefficient (Wildman–Crippen LogP) is 7.30. The third-order valence-corrected chi connectivity index (χ3v) is 5.82. The number of hydrogen-bond acceptors (Lipinski definition) is 6. The first-order chi connectivity index (χ1) is 20.1. The van der Waals surface area contributed by atoms with Gasteiger partial charge in [0, 0.05) is 19.3 Å². The van der Waals surface area contributed by atoms with Gasteiger partial charge in [0.1, 0.15) is 6.10 Å². The van der Waals surface area contributed by atoms with Gasteiger partial charge < -0.3 is 30.6 Å². The highest BCUT2D eigenvalue weighted by atomic mass is 16.4. The molecule has 0 saturated carbocycles. The van der Waals surface area contributed by atoms with Crippen LogP contribution < -0.4 is 0 Å². The number of unbranched alkanes of at least 4 members (excludes halogenated alkanes) is 15. The monoisotopic (exact) mass is 602 g/mol.